The van der Waals surface area contributed by atoms with E-state index in [0.29, 0.717) is 6.42 Å². The van der Waals surface area contributed by atoms with Gasteiger partial charge in [0, 0.05) is 19.2 Å². The van der Waals surface area contributed by atoms with Crippen LogP contribution in [0.2, 0.25) is 0 Å². The summed E-state index contributed by atoms with van der Waals surface area (Å²) >= 11 is 0. The molecule has 3 nitrogen and oxygen atoms in total. The van der Waals surface area contributed by atoms with Crippen molar-refractivity contribution >= 4 is 11.6 Å². The number of ketones is 1. The standard InChI is InChI=1S/C11H16N2O/c1-9-5-7-13-11(8-9)12-6-3-4-10(2)14/h5,7-8H,3-4,6H2,1-2H3,(H,12,13). The van der Waals surface area contributed by atoms with Crippen molar-refractivity contribution in [1.82, 2.24) is 4.98 Å². The molecule has 1 rings (SSSR count). The van der Waals surface area contributed by atoms with E-state index in [1.165, 1.54) is 5.56 Å². The first kappa shape index (κ1) is 10.7. The molecule has 0 spiro atoms. The lowest BCUT2D eigenvalue weighted by molar-refractivity contribution is -0.117. The van der Waals surface area contributed by atoms with Crippen LogP contribution in [0.1, 0.15) is 25.3 Å². The Hall–Kier alpha value is -1.38. The molecule has 0 atom stereocenters. The monoisotopic (exact) mass is 192 g/mol. The minimum atomic E-state index is 0.240. The Kier molecular flexibility index (Phi) is 4.11. The average molecular weight is 192 g/mol. The average Bonchev–Trinajstić information content (AvgIpc) is 2.12. The smallest absolute Gasteiger partial charge is 0.129 e. The Balaban J connectivity index is 2.28. The molecule has 0 saturated carbocycles. The summed E-state index contributed by atoms with van der Waals surface area (Å²) in [6.07, 6.45) is 3.28. The van der Waals surface area contributed by atoms with Gasteiger partial charge in [0.05, 0.1) is 0 Å². The van der Waals surface area contributed by atoms with Gasteiger partial charge in [-0.25, -0.2) is 4.98 Å². The van der Waals surface area contributed by atoms with Crippen molar-refractivity contribution in [2.75, 3.05) is 11.9 Å². The van der Waals surface area contributed by atoms with E-state index in [1.807, 2.05) is 19.1 Å². The fourth-order valence-corrected chi connectivity index (χ4v) is 1.19. The van der Waals surface area contributed by atoms with Crippen molar-refractivity contribution in [2.45, 2.75) is 26.7 Å². The lowest BCUT2D eigenvalue weighted by Crippen LogP contribution is -2.04. The summed E-state index contributed by atoms with van der Waals surface area (Å²) in [6.45, 7) is 4.45. The maximum absolute atomic E-state index is 10.7. The topological polar surface area (TPSA) is 42.0 Å². The van der Waals surface area contributed by atoms with Crippen LogP contribution in [0.15, 0.2) is 18.3 Å². The molecule has 0 aliphatic rings. The maximum Gasteiger partial charge on any atom is 0.129 e. The third kappa shape index (κ3) is 4.03. The van der Waals surface area contributed by atoms with Crippen molar-refractivity contribution in [3.8, 4) is 0 Å². The molecule has 1 aromatic rings. The Labute approximate surface area is 84.6 Å². The Morgan fingerprint density at radius 1 is 1.57 bits per heavy atom. The highest BCUT2D eigenvalue weighted by molar-refractivity contribution is 5.75. The summed E-state index contributed by atoms with van der Waals surface area (Å²) in [6, 6.07) is 3.95. The van der Waals surface area contributed by atoms with Gasteiger partial charge in [0.2, 0.25) is 0 Å². The van der Waals surface area contributed by atoms with Crippen LogP contribution in [-0.4, -0.2) is 17.3 Å². The number of carbonyl (C=O) groups is 1. The second-order valence-electron chi connectivity index (χ2n) is 3.45. The SMILES string of the molecule is CC(=O)CCCNc1cc(C)ccn1. The predicted molar refractivity (Wildman–Crippen MR) is 57.4 cm³/mol. The van der Waals surface area contributed by atoms with E-state index in [1.54, 1.807) is 13.1 Å². The van der Waals surface area contributed by atoms with E-state index >= 15 is 0 Å². The van der Waals surface area contributed by atoms with E-state index < -0.39 is 0 Å². The number of hydrogen-bond acceptors (Lipinski definition) is 3. The number of pyridine rings is 1. The van der Waals surface area contributed by atoms with Crippen LogP contribution < -0.4 is 5.32 Å². The first-order valence-electron chi connectivity index (χ1n) is 4.84. The number of Topliss-reactive ketones (excluding diaryl/α,β-unsaturated/α-hetero) is 1. The summed E-state index contributed by atoms with van der Waals surface area (Å²) in [5.74, 6) is 1.12. The second kappa shape index (κ2) is 5.37. The van der Waals surface area contributed by atoms with Gasteiger partial charge in [-0.1, -0.05) is 0 Å². The fraction of sp³-hybridized carbons (Fsp3) is 0.455. The number of hydrogen-bond donors (Lipinski definition) is 1. The van der Waals surface area contributed by atoms with Gasteiger partial charge < -0.3 is 10.1 Å². The number of nitrogens with one attached hydrogen (secondary N) is 1. The van der Waals surface area contributed by atoms with E-state index in [2.05, 4.69) is 10.3 Å². The molecule has 0 aliphatic heterocycles. The number of carbonyl (C=O) groups excluding carboxylic acids is 1. The molecule has 14 heavy (non-hydrogen) atoms. The van der Waals surface area contributed by atoms with E-state index in [4.69, 9.17) is 0 Å². The van der Waals surface area contributed by atoms with Crippen LogP contribution in [0.5, 0.6) is 0 Å². The molecule has 1 N–H and O–H groups in total. The molecular formula is C11H16N2O. The summed E-state index contributed by atoms with van der Waals surface area (Å²) < 4.78 is 0. The minimum absolute atomic E-state index is 0.240. The molecule has 76 valence electrons. The Morgan fingerprint density at radius 2 is 2.36 bits per heavy atom. The highest BCUT2D eigenvalue weighted by atomic mass is 16.1. The predicted octanol–water partition coefficient (Wildman–Crippen LogP) is 2.17. The molecular weight excluding hydrogens is 176 g/mol. The van der Waals surface area contributed by atoms with Crippen molar-refractivity contribution in [3.63, 3.8) is 0 Å². The molecule has 0 aliphatic carbocycles. The van der Waals surface area contributed by atoms with Gasteiger partial charge in [0.1, 0.15) is 11.6 Å². The Bertz CT molecular complexity index is 310. The number of nitrogens with zero attached hydrogens (tertiary/aromatic N) is 1. The molecule has 0 radical (unpaired) electrons. The summed E-state index contributed by atoms with van der Waals surface area (Å²) in [7, 11) is 0. The third-order valence-electron chi connectivity index (χ3n) is 1.93. The van der Waals surface area contributed by atoms with Crippen LogP contribution in [0.4, 0.5) is 5.82 Å². The van der Waals surface area contributed by atoms with Gasteiger partial charge in [-0.2, -0.15) is 0 Å². The number of rotatable bonds is 5. The third-order valence-corrected chi connectivity index (χ3v) is 1.93. The van der Waals surface area contributed by atoms with Crippen LogP contribution in [-0.2, 0) is 4.79 Å². The van der Waals surface area contributed by atoms with Crippen LogP contribution in [0, 0.1) is 6.92 Å². The number of anilines is 1. The van der Waals surface area contributed by atoms with Crippen molar-refractivity contribution in [2.24, 2.45) is 0 Å². The molecule has 1 heterocycles. The highest BCUT2D eigenvalue weighted by Gasteiger charge is 1.95. The molecule has 0 saturated heterocycles. The zero-order chi connectivity index (χ0) is 10.4. The first-order chi connectivity index (χ1) is 6.68. The van der Waals surface area contributed by atoms with Crippen molar-refractivity contribution in [1.29, 1.82) is 0 Å². The van der Waals surface area contributed by atoms with E-state index in [9.17, 15) is 4.79 Å². The highest BCUT2D eigenvalue weighted by Crippen LogP contribution is 2.05. The molecule has 0 unspecified atom stereocenters. The van der Waals surface area contributed by atoms with Crippen molar-refractivity contribution < 1.29 is 4.79 Å². The molecule has 0 fully saturated rings. The molecule has 3 heteroatoms. The van der Waals surface area contributed by atoms with Gasteiger partial charge >= 0.3 is 0 Å². The largest absolute Gasteiger partial charge is 0.370 e. The summed E-state index contributed by atoms with van der Waals surface area (Å²) in [4.78, 5) is 14.8. The molecule has 0 aromatic carbocycles. The van der Waals surface area contributed by atoms with Gasteiger partial charge in [0.25, 0.3) is 0 Å². The zero-order valence-electron chi connectivity index (χ0n) is 8.71. The second-order valence-corrected chi connectivity index (χ2v) is 3.45. The minimum Gasteiger partial charge on any atom is -0.370 e. The molecule has 1 aromatic heterocycles. The number of aromatic nitrogens is 1. The van der Waals surface area contributed by atoms with Gasteiger partial charge in [-0.3, -0.25) is 0 Å². The van der Waals surface area contributed by atoms with Gasteiger partial charge in [0.15, 0.2) is 0 Å². The molecule has 0 amide bonds. The quantitative estimate of drug-likeness (QED) is 0.727. The first-order valence-corrected chi connectivity index (χ1v) is 4.84. The van der Waals surface area contributed by atoms with Crippen molar-refractivity contribution in [3.05, 3.63) is 23.9 Å². The van der Waals surface area contributed by atoms with E-state index in [-0.39, 0.29) is 5.78 Å². The summed E-state index contributed by atoms with van der Waals surface area (Å²) in [5.41, 5.74) is 1.19. The lowest BCUT2D eigenvalue weighted by Gasteiger charge is -2.04. The van der Waals surface area contributed by atoms with Gasteiger partial charge in [-0.15, -0.1) is 0 Å². The fourth-order valence-electron chi connectivity index (χ4n) is 1.19. The lowest BCUT2D eigenvalue weighted by atomic mass is 10.2. The van der Waals surface area contributed by atoms with E-state index in [0.717, 1.165) is 18.8 Å². The van der Waals surface area contributed by atoms with Crippen LogP contribution in [0.3, 0.4) is 0 Å². The zero-order valence-corrected chi connectivity index (χ0v) is 8.71. The van der Waals surface area contributed by atoms with Gasteiger partial charge in [-0.05, 0) is 38.0 Å². The molecule has 0 bridgehead atoms. The normalized spacial score (nSPS) is 9.86. The Morgan fingerprint density at radius 3 is 3.00 bits per heavy atom. The van der Waals surface area contributed by atoms with Crippen LogP contribution in [0.25, 0.3) is 0 Å². The summed E-state index contributed by atoms with van der Waals surface area (Å²) in [5, 5.41) is 3.18. The van der Waals surface area contributed by atoms with Crippen LogP contribution >= 0.6 is 0 Å². The number of aryl methyl sites for hydroxylation is 1. The maximum atomic E-state index is 10.7.